The first-order chi connectivity index (χ1) is 8.16. The Hall–Kier alpha value is -1.26. The van der Waals surface area contributed by atoms with Crippen LogP contribution in [0, 0.1) is 0 Å². The highest BCUT2D eigenvalue weighted by Gasteiger charge is 2.14. The summed E-state index contributed by atoms with van der Waals surface area (Å²) in [5, 5.41) is 3.33. The van der Waals surface area contributed by atoms with Gasteiger partial charge in [-0.15, -0.1) is 0 Å². The van der Waals surface area contributed by atoms with Gasteiger partial charge in [-0.05, 0) is 17.7 Å². The second-order valence-corrected chi connectivity index (χ2v) is 4.57. The fraction of sp³-hybridized carbons (Fsp3) is 0.538. The molecule has 2 rings (SSSR count). The summed E-state index contributed by atoms with van der Waals surface area (Å²) in [5.74, 6) is 1.61. The molecular formula is C13H20N2O2. The average molecular weight is 236 g/mol. The van der Waals surface area contributed by atoms with Crippen LogP contribution in [0.15, 0.2) is 18.2 Å². The van der Waals surface area contributed by atoms with E-state index in [9.17, 15) is 0 Å². The molecule has 0 spiro atoms. The molecule has 1 unspecified atom stereocenters. The van der Waals surface area contributed by atoms with Crippen LogP contribution in [0.3, 0.4) is 0 Å². The van der Waals surface area contributed by atoms with Gasteiger partial charge >= 0.3 is 0 Å². The first-order valence-corrected chi connectivity index (χ1v) is 6.05. The fourth-order valence-electron chi connectivity index (χ4n) is 1.77. The van der Waals surface area contributed by atoms with Crippen molar-refractivity contribution in [3.63, 3.8) is 0 Å². The molecule has 4 heteroatoms. The molecule has 0 fully saturated rings. The summed E-state index contributed by atoms with van der Waals surface area (Å²) in [6.45, 7) is 6.20. The molecule has 1 atom stereocenters. The first-order valence-electron chi connectivity index (χ1n) is 6.05. The molecule has 1 aliphatic heterocycles. The zero-order valence-corrected chi connectivity index (χ0v) is 10.4. The summed E-state index contributed by atoms with van der Waals surface area (Å²) in [5.41, 5.74) is 7.19. The second kappa shape index (κ2) is 5.38. The number of rotatable bonds is 4. The van der Waals surface area contributed by atoms with Crippen molar-refractivity contribution in [2.75, 3.05) is 19.8 Å². The molecule has 0 saturated carbocycles. The first kappa shape index (κ1) is 12.2. The predicted octanol–water partition coefficient (Wildman–Crippen LogP) is 1.46. The summed E-state index contributed by atoms with van der Waals surface area (Å²) < 4.78 is 11.0. The van der Waals surface area contributed by atoms with Crippen molar-refractivity contribution in [2.45, 2.75) is 25.9 Å². The molecule has 17 heavy (non-hydrogen) atoms. The van der Waals surface area contributed by atoms with Crippen molar-refractivity contribution in [1.29, 1.82) is 0 Å². The van der Waals surface area contributed by atoms with E-state index < -0.39 is 0 Å². The van der Waals surface area contributed by atoms with E-state index in [4.69, 9.17) is 15.2 Å². The van der Waals surface area contributed by atoms with Gasteiger partial charge in [-0.25, -0.2) is 0 Å². The minimum absolute atomic E-state index is 0.0202. The van der Waals surface area contributed by atoms with Crippen LogP contribution in [0.25, 0.3) is 0 Å². The third-order valence-corrected chi connectivity index (χ3v) is 2.74. The monoisotopic (exact) mass is 236 g/mol. The lowest BCUT2D eigenvalue weighted by Gasteiger charge is -2.21. The molecular weight excluding hydrogens is 216 g/mol. The molecule has 1 aliphatic rings. The van der Waals surface area contributed by atoms with Gasteiger partial charge in [-0.3, -0.25) is 0 Å². The van der Waals surface area contributed by atoms with E-state index in [2.05, 4.69) is 19.2 Å². The van der Waals surface area contributed by atoms with Crippen LogP contribution >= 0.6 is 0 Å². The van der Waals surface area contributed by atoms with Crippen molar-refractivity contribution >= 4 is 0 Å². The summed E-state index contributed by atoms with van der Waals surface area (Å²) in [6, 6.07) is 6.33. The molecule has 0 radical (unpaired) electrons. The number of benzene rings is 1. The number of fused-ring (bicyclic) bond motifs is 1. The van der Waals surface area contributed by atoms with Crippen molar-refractivity contribution in [3.05, 3.63) is 23.8 Å². The molecule has 4 nitrogen and oxygen atoms in total. The van der Waals surface area contributed by atoms with Crippen LogP contribution in [-0.4, -0.2) is 25.8 Å². The van der Waals surface area contributed by atoms with E-state index in [1.54, 1.807) is 0 Å². The molecule has 1 heterocycles. The maximum Gasteiger partial charge on any atom is 0.161 e. The molecule has 0 aromatic heterocycles. The molecule has 94 valence electrons. The van der Waals surface area contributed by atoms with E-state index in [1.165, 1.54) is 0 Å². The minimum Gasteiger partial charge on any atom is -0.486 e. The van der Waals surface area contributed by atoms with Crippen LogP contribution in [0.4, 0.5) is 0 Å². The van der Waals surface area contributed by atoms with Gasteiger partial charge in [-0.1, -0.05) is 19.9 Å². The van der Waals surface area contributed by atoms with Gasteiger partial charge in [-0.2, -0.15) is 0 Å². The number of hydrogen-bond acceptors (Lipinski definition) is 4. The van der Waals surface area contributed by atoms with Crippen LogP contribution in [-0.2, 0) is 0 Å². The van der Waals surface area contributed by atoms with Gasteiger partial charge in [0, 0.05) is 18.6 Å². The van der Waals surface area contributed by atoms with Crippen LogP contribution in [0.1, 0.15) is 25.5 Å². The summed E-state index contributed by atoms with van der Waals surface area (Å²) in [4.78, 5) is 0. The topological polar surface area (TPSA) is 56.5 Å². The van der Waals surface area contributed by atoms with Gasteiger partial charge < -0.3 is 20.5 Å². The largest absolute Gasteiger partial charge is 0.486 e. The Morgan fingerprint density at radius 2 is 1.94 bits per heavy atom. The van der Waals surface area contributed by atoms with E-state index in [0.717, 1.165) is 23.6 Å². The Bertz CT molecular complexity index is 380. The molecule has 0 saturated heterocycles. The Morgan fingerprint density at radius 3 is 2.65 bits per heavy atom. The Morgan fingerprint density at radius 1 is 1.24 bits per heavy atom. The van der Waals surface area contributed by atoms with Gasteiger partial charge in [0.05, 0.1) is 0 Å². The van der Waals surface area contributed by atoms with Crippen molar-refractivity contribution in [1.82, 2.24) is 5.32 Å². The van der Waals surface area contributed by atoms with E-state index >= 15 is 0 Å². The van der Waals surface area contributed by atoms with Crippen LogP contribution in [0.5, 0.6) is 11.5 Å². The second-order valence-electron chi connectivity index (χ2n) is 4.57. The number of hydrogen-bond donors (Lipinski definition) is 2. The number of nitrogens with two attached hydrogens (primary N) is 1. The zero-order chi connectivity index (χ0) is 12.3. The summed E-state index contributed by atoms with van der Waals surface area (Å²) >= 11 is 0. The zero-order valence-electron chi connectivity index (χ0n) is 10.4. The Balaban J connectivity index is 2.05. The van der Waals surface area contributed by atoms with Crippen molar-refractivity contribution in [3.8, 4) is 11.5 Å². The van der Waals surface area contributed by atoms with E-state index in [-0.39, 0.29) is 6.04 Å². The highest BCUT2D eigenvalue weighted by Crippen LogP contribution is 2.32. The lowest BCUT2D eigenvalue weighted by Crippen LogP contribution is -2.31. The summed E-state index contributed by atoms with van der Waals surface area (Å²) in [6.07, 6.45) is 0. The normalized spacial score (nSPS) is 16.0. The quantitative estimate of drug-likeness (QED) is 0.831. The standard InChI is InChI=1S/C13H20N2O2/c1-9(2)15-8-11(14)10-3-4-12-13(7-10)17-6-5-16-12/h3-4,7,9,11,15H,5-6,8,14H2,1-2H3. The lowest BCUT2D eigenvalue weighted by atomic mass is 10.1. The fourth-order valence-corrected chi connectivity index (χ4v) is 1.77. The van der Waals surface area contributed by atoms with Gasteiger partial charge in [0.2, 0.25) is 0 Å². The smallest absolute Gasteiger partial charge is 0.161 e. The van der Waals surface area contributed by atoms with E-state index in [1.807, 2.05) is 18.2 Å². The highest BCUT2D eigenvalue weighted by molar-refractivity contribution is 5.44. The third kappa shape index (κ3) is 3.11. The van der Waals surface area contributed by atoms with Crippen molar-refractivity contribution < 1.29 is 9.47 Å². The molecule has 0 bridgehead atoms. The third-order valence-electron chi connectivity index (χ3n) is 2.74. The van der Waals surface area contributed by atoms with Crippen LogP contribution < -0.4 is 20.5 Å². The summed E-state index contributed by atoms with van der Waals surface area (Å²) in [7, 11) is 0. The van der Waals surface area contributed by atoms with Gasteiger partial charge in [0.25, 0.3) is 0 Å². The van der Waals surface area contributed by atoms with Gasteiger partial charge in [0.1, 0.15) is 13.2 Å². The van der Waals surface area contributed by atoms with Crippen molar-refractivity contribution in [2.24, 2.45) is 5.73 Å². The predicted molar refractivity (Wildman–Crippen MR) is 67.5 cm³/mol. The molecule has 1 aromatic rings. The van der Waals surface area contributed by atoms with E-state index in [0.29, 0.717) is 19.3 Å². The van der Waals surface area contributed by atoms with Crippen LogP contribution in [0.2, 0.25) is 0 Å². The number of nitrogens with one attached hydrogen (secondary N) is 1. The number of ether oxygens (including phenoxy) is 2. The Kier molecular flexibility index (Phi) is 3.86. The Labute approximate surface area is 102 Å². The average Bonchev–Trinajstić information content (AvgIpc) is 2.35. The molecule has 3 N–H and O–H groups in total. The van der Waals surface area contributed by atoms with Gasteiger partial charge in [0.15, 0.2) is 11.5 Å². The minimum atomic E-state index is -0.0202. The molecule has 0 aliphatic carbocycles. The lowest BCUT2D eigenvalue weighted by molar-refractivity contribution is 0.171. The highest BCUT2D eigenvalue weighted by atomic mass is 16.6. The molecule has 1 aromatic carbocycles. The molecule has 0 amide bonds. The maximum atomic E-state index is 6.12. The SMILES string of the molecule is CC(C)NCC(N)c1ccc2c(c1)OCCO2. The maximum absolute atomic E-state index is 6.12.